The lowest BCUT2D eigenvalue weighted by molar-refractivity contribution is -0.131. The van der Waals surface area contributed by atoms with Gasteiger partial charge in [-0.3, -0.25) is 14.5 Å². The number of hydrogen-bond acceptors (Lipinski definition) is 5. The molecule has 0 spiro atoms. The Morgan fingerprint density at radius 3 is 2.27 bits per heavy atom. The van der Waals surface area contributed by atoms with Gasteiger partial charge in [-0.1, -0.05) is 32.0 Å². The Balaban J connectivity index is 2.10. The summed E-state index contributed by atoms with van der Waals surface area (Å²) in [5, 5.41) is 5.68. The number of aromatic nitrogens is 1. The number of pyridine rings is 1. The minimum absolute atomic E-state index is 0.227. The van der Waals surface area contributed by atoms with Crippen LogP contribution in [0.15, 0.2) is 42.6 Å². The molecule has 4 N–H and O–H groups in total. The van der Waals surface area contributed by atoms with E-state index in [0.29, 0.717) is 5.82 Å². The van der Waals surface area contributed by atoms with Gasteiger partial charge in [-0.25, -0.2) is 9.37 Å². The van der Waals surface area contributed by atoms with Gasteiger partial charge in [0.1, 0.15) is 17.7 Å². The summed E-state index contributed by atoms with van der Waals surface area (Å²) in [7, 11) is 0. The number of nitrogens with two attached hydrogens (primary N) is 1. The van der Waals surface area contributed by atoms with Crippen LogP contribution in [0.25, 0.3) is 0 Å². The number of hydrogen-bond donors (Lipinski definition) is 3. The summed E-state index contributed by atoms with van der Waals surface area (Å²) in [6.07, 6.45) is 1.84. The zero-order valence-electron chi connectivity index (χ0n) is 17.7. The highest BCUT2D eigenvalue weighted by atomic mass is 19.1. The van der Waals surface area contributed by atoms with Crippen molar-refractivity contribution in [3.05, 3.63) is 59.5 Å². The molecule has 8 heteroatoms. The summed E-state index contributed by atoms with van der Waals surface area (Å²) in [4.78, 5) is 31.6. The largest absolute Gasteiger partial charge is 0.384 e. The van der Waals surface area contributed by atoms with Gasteiger partial charge in [-0.15, -0.1) is 0 Å². The Kier molecular flexibility index (Phi) is 8.73. The van der Waals surface area contributed by atoms with Gasteiger partial charge in [-0.2, -0.15) is 0 Å². The Labute approximate surface area is 176 Å². The molecule has 0 radical (unpaired) electrons. The second-order valence-corrected chi connectivity index (χ2v) is 7.10. The van der Waals surface area contributed by atoms with Gasteiger partial charge in [0, 0.05) is 19.2 Å². The number of benzene rings is 1. The molecule has 2 aromatic rings. The number of anilines is 1. The highest BCUT2D eigenvalue weighted by Crippen LogP contribution is 2.08. The van der Waals surface area contributed by atoms with Crippen LogP contribution in [0.4, 0.5) is 10.2 Å². The number of carbonyl (C=O) groups excluding carboxylic acids is 2. The highest BCUT2D eigenvalue weighted by molar-refractivity contribution is 5.89. The minimum Gasteiger partial charge on any atom is -0.384 e. The number of carbonyl (C=O) groups is 2. The van der Waals surface area contributed by atoms with Gasteiger partial charge in [0.15, 0.2) is 0 Å². The summed E-state index contributed by atoms with van der Waals surface area (Å²) < 4.78 is 13.2. The van der Waals surface area contributed by atoms with Gasteiger partial charge >= 0.3 is 0 Å². The fourth-order valence-electron chi connectivity index (χ4n) is 3.15. The monoisotopic (exact) mass is 415 g/mol. The zero-order valence-corrected chi connectivity index (χ0v) is 17.7. The number of nitrogens with zero attached hydrogens (tertiary/aromatic N) is 2. The van der Waals surface area contributed by atoms with Crippen molar-refractivity contribution in [2.45, 2.75) is 45.8 Å². The molecule has 30 heavy (non-hydrogen) atoms. The van der Waals surface area contributed by atoms with Crippen molar-refractivity contribution in [2.24, 2.45) is 0 Å². The molecule has 1 aromatic carbocycles. The average molecular weight is 416 g/mol. The molecule has 162 valence electrons. The van der Waals surface area contributed by atoms with Crippen LogP contribution in [0, 0.1) is 5.82 Å². The molecule has 0 saturated carbocycles. The fraction of sp³-hybridized carbons (Fsp3) is 0.409. The van der Waals surface area contributed by atoms with Crippen molar-refractivity contribution in [1.82, 2.24) is 20.5 Å². The Hall–Kier alpha value is -3.00. The molecule has 1 heterocycles. The fourth-order valence-corrected chi connectivity index (χ4v) is 3.15. The molecule has 0 saturated heterocycles. The van der Waals surface area contributed by atoms with Crippen LogP contribution < -0.4 is 16.4 Å². The van der Waals surface area contributed by atoms with E-state index < -0.39 is 6.04 Å². The van der Waals surface area contributed by atoms with Crippen molar-refractivity contribution in [1.29, 1.82) is 0 Å². The maximum atomic E-state index is 13.2. The molecule has 0 aliphatic carbocycles. The molecule has 0 aliphatic heterocycles. The van der Waals surface area contributed by atoms with Gasteiger partial charge in [0.25, 0.3) is 0 Å². The number of rotatable bonds is 10. The molecule has 2 rings (SSSR count). The molecule has 0 aliphatic rings. The third kappa shape index (κ3) is 6.81. The third-order valence-electron chi connectivity index (χ3n) is 5.04. The van der Waals surface area contributed by atoms with Gasteiger partial charge in [-0.05, 0) is 49.3 Å². The first-order valence-corrected chi connectivity index (χ1v) is 10.1. The van der Waals surface area contributed by atoms with E-state index in [1.54, 1.807) is 30.5 Å². The van der Waals surface area contributed by atoms with Crippen molar-refractivity contribution in [3.63, 3.8) is 0 Å². The molecule has 0 unspecified atom stereocenters. The standard InChI is InChI=1S/C22H30FN5O2/c1-4-28(5-2)15(3)21(29)27-19(12-16-6-9-18(23)10-7-16)22(30)26-14-17-8-11-20(24)25-13-17/h6-11,13,15,19H,4-5,12,14H2,1-3H3,(H2,24,25)(H,26,30)(H,27,29)/t15-,19-/m0/s1. The number of nitrogen functional groups attached to an aromatic ring is 1. The lowest BCUT2D eigenvalue weighted by atomic mass is 10.0. The quantitative estimate of drug-likeness (QED) is 0.550. The van der Waals surface area contributed by atoms with E-state index >= 15 is 0 Å². The van der Waals surface area contributed by atoms with Gasteiger partial charge in [0.2, 0.25) is 11.8 Å². The topological polar surface area (TPSA) is 100 Å². The van der Waals surface area contributed by atoms with E-state index in [4.69, 9.17) is 5.73 Å². The first kappa shape index (κ1) is 23.3. The molecule has 1 aromatic heterocycles. The van der Waals surface area contributed by atoms with E-state index in [1.165, 1.54) is 12.1 Å². The van der Waals surface area contributed by atoms with Crippen molar-refractivity contribution >= 4 is 17.6 Å². The molecular weight excluding hydrogens is 385 g/mol. The van der Waals surface area contributed by atoms with Crippen LogP contribution in [0.3, 0.4) is 0 Å². The van der Waals surface area contributed by atoms with Crippen molar-refractivity contribution in [3.8, 4) is 0 Å². The average Bonchev–Trinajstić information content (AvgIpc) is 2.74. The highest BCUT2D eigenvalue weighted by Gasteiger charge is 2.26. The van der Waals surface area contributed by atoms with E-state index in [0.717, 1.165) is 24.2 Å². The third-order valence-corrected chi connectivity index (χ3v) is 5.04. The molecule has 0 bridgehead atoms. The SMILES string of the molecule is CCN(CC)[C@@H](C)C(=O)N[C@@H](Cc1ccc(F)cc1)C(=O)NCc1ccc(N)nc1. The van der Waals surface area contributed by atoms with Crippen LogP contribution in [0.2, 0.25) is 0 Å². The lowest BCUT2D eigenvalue weighted by Crippen LogP contribution is -2.53. The van der Waals surface area contributed by atoms with Crippen LogP contribution >= 0.6 is 0 Å². The van der Waals surface area contributed by atoms with E-state index in [1.807, 2.05) is 25.7 Å². The first-order valence-electron chi connectivity index (χ1n) is 10.1. The van der Waals surface area contributed by atoms with Crippen LogP contribution in [0.1, 0.15) is 31.9 Å². The maximum Gasteiger partial charge on any atom is 0.243 e. The molecular formula is C22H30FN5O2. The van der Waals surface area contributed by atoms with E-state index in [2.05, 4.69) is 15.6 Å². The summed E-state index contributed by atoms with van der Waals surface area (Å²) >= 11 is 0. The van der Waals surface area contributed by atoms with Crippen LogP contribution in [-0.4, -0.2) is 46.9 Å². The van der Waals surface area contributed by atoms with Gasteiger partial charge < -0.3 is 16.4 Å². The van der Waals surface area contributed by atoms with Crippen molar-refractivity contribution in [2.75, 3.05) is 18.8 Å². The molecule has 7 nitrogen and oxygen atoms in total. The molecule has 2 atom stereocenters. The summed E-state index contributed by atoms with van der Waals surface area (Å²) in [6, 6.07) is 8.17. The summed E-state index contributed by atoms with van der Waals surface area (Å²) in [5.74, 6) is -0.502. The second kappa shape index (κ2) is 11.3. The number of nitrogens with one attached hydrogen (secondary N) is 2. The first-order chi connectivity index (χ1) is 14.3. The van der Waals surface area contributed by atoms with Crippen molar-refractivity contribution < 1.29 is 14.0 Å². The number of likely N-dealkylation sites (N-methyl/N-ethyl adjacent to an activating group) is 1. The second-order valence-electron chi connectivity index (χ2n) is 7.10. The lowest BCUT2D eigenvalue weighted by Gasteiger charge is -2.27. The van der Waals surface area contributed by atoms with E-state index in [9.17, 15) is 14.0 Å². The summed E-state index contributed by atoms with van der Waals surface area (Å²) in [6.45, 7) is 7.49. The Morgan fingerprint density at radius 1 is 1.07 bits per heavy atom. The van der Waals surface area contributed by atoms with Gasteiger partial charge in [0.05, 0.1) is 6.04 Å². The summed E-state index contributed by atoms with van der Waals surface area (Å²) in [5.41, 5.74) is 7.13. The van der Waals surface area contributed by atoms with Crippen LogP contribution in [0.5, 0.6) is 0 Å². The maximum absolute atomic E-state index is 13.2. The number of halogens is 1. The number of amides is 2. The normalized spacial score (nSPS) is 13.0. The Bertz CT molecular complexity index is 822. The van der Waals surface area contributed by atoms with Crippen LogP contribution in [-0.2, 0) is 22.6 Å². The minimum atomic E-state index is -0.789. The zero-order chi connectivity index (χ0) is 22.1. The molecule has 2 amide bonds. The Morgan fingerprint density at radius 2 is 1.70 bits per heavy atom. The predicted molar refractivity (Wildman–Crippen MR) is 115 cm³/mol. The predicted octanol–water partition coefficient (Wildman–Crippen LogP) is 1.88. The smallest absolute Gasteiger partial charge is 0.243 e. The molecule has 0 fully saturated rings. The van der Waals surface area contributed by atoms with E-state index in [-0.39, 0.29) is 36.6 Å².